The summed E-state index contributed by atoms with van der Waals surface area (Å²) in [6.45, 7) is 0.190. The molecule has 1 amide bonds. The number of para-hydroxylation sites is 1. The van der Waals surface area contributed by atoms with Crippen molar-refractivity contribution < 1.29 is 19.8 Å². The van der Waals surface area contributed by atoms with Crippen molar-refractivity contribution in [3.8, 4) is 0 Å². The minimum absolute atomic E-state index is 0.190. The lowest BCUT2D eigenvalue weighted by Gasteiger charge is -2.33. The van der Waals surface area contributed by atoms with Gasteiger partial charge in [-0.3, -0.25) is 4.90 Å². The smallest absolute Gasteiger partial charge is 0.409 e. The number of aliphatic carboxylic acids is 1. The molecule has 1 aromatic heterocycles. The Morgan fingerprint density at radius 1 is 1.25 bits per heavy atom. The lowest BCUT2D eigenvalue weighted by atomic mass is 10.1. The number of hydrogen-bond donors (Lipinski definition) is 2. The molecule has 2 aromatic rings. The molecular formula is C13H13N3O4. The molecule has 1 atom stereocenters. The topological polar surface area (TPSA) is 95.7 Å². The maximum atomic E-state index is 11.8. The van der Waals surface area contributed by atoms with Crippen LogP contribution in [0.1, 0.15) is 12.8 Å². The van der Waals surface area contributed by atoms with Crippen LogP contribution >= 0.6 is 0 Å². The maximum absolute atomic E-state index is 11.8. The SMILES string of the molecule is O=C(O)N1CCCC1(C(=O)O)n1ncc2ccccc21. The van der Waals surface area contributed by atoms with Gasteiger partial charge in [-0.25, -0.2) is 14.3 Å². The van der Waals surface area contributed by atoms with E-state index < -0.39 is 17.7 Å². The highest BCUT2D eigenvalue weighted by Gasteiger charge is 2.53. The first-order chi connectivity index (χ1) is 9.57. The zero-order chi connectivity index (χ0) is 14.3. The lowest BCUT2D eigenvalue weighted by molar-refractivity contribution is -0.155. The fraction of sp³-hybridized carbons (Fsp3) is 0.308. The van der Waals surface area contributed by atoms with Crippen molar-refractivity contribution in [2.45, 2.75) is 18.5 Å². The monoisotopic (exact) mass is 275 g/mol. The molecule has 3 rings (SSSR count). The number of likely N-dealkylation sites (tertiary alicyclic amines) is 1. The zero-order valence-electron chi connectivity index (χ0n) is 10.6. The summed E-state index contributed by atoms with van der Waals surface area (Å²) >= 11 is 0. The predicted molar refractivity (Wildman–Crippen MR) is 69.3 cm³/mol. The van der Waals surface area contributed by atoms with Crippen LogP contribution in [-0.4, -0.2) is 43.5 Å². The van der Waals surface area contributed by atoms with Gasteiger partial charge in [0.05, 0.1) is 11.7 Å². The molecule has 1 aliphatic heterocycles. The molecule has 1 fully saturated rings. The third-order valence-electron chi connectivity index (χ3n) is 3.75. The van der Waals surface area contributed by atoms with Crippen LogP contribution in [0.3, 0.4) is 0 Å². The summed E-state index contributed by atoms with van der Waals surface area (Å²) in [6, 6.07) is 7.15. The molecule has 0 spiro atoms. The molecule has 2 heterocycles. The highest BCUT2D eigenvalue weighted by atomic mass is 16.4. The standard InChI is InChI=1S/C13H13N3O4/c17-11(18)13(6-3-7-15(13)12(19)20)16-10-5-2-1-4-9(10)8-14-16/h1-2,4-5,8H,3,6-7H2,(H,17,18)(H,19,20). The summed E-state index contributed by atoms with van der Waals surface area (Å²) in [5.41, 5.74) is -1.04. The van der Waals surface area contributed by atoms with Gasteiger partial charge in [0.2, 0.25) is 5.66 Å². The Balaban J connectivity index is 2.26. The number of carbonyl (C=O) groups is 2. The lowest BCUT2D eigenvalue weighted by Crippen LogP contribution is -2.54. The molecule has 20 heavy (non-hydrogen) atoms. The number of benzene rings is 1. The van der Waals surface area contributed by atoms with Gasteiger partial charge in [-0.1, -0.05) is 18.2 Å². The van der Waals surface area contributed by atoms with Crippen LogP contribution in [0.15, 0.2) is 30.5 Å². The van der Waals surface area contributed by atoms with Crippen LogP contribution < -0.4 is 0 Å². The number of amides is 1. The second kappa shape index (κ2) is 4.22. The highest BCUT2D eigenvalue weighted by molar-refractivity contribution is 5.86. The molecule has 104 valence electrons. The van der Waals surface area contributed by atoms with E-state index in [1.54, 1.807) is 18.3 Å². The van der Waals surface area contributed by atoms with Crippen LogP contribution in [0.5, 0.6) is 0 Å². The molecular weight excluding hydrogens is 262 g/mol. The van der Waals surface area contributed by atoms with E-state index >= 15 is 0 Å². The van der Waals surface area contributed by atoms with Crippen molar-refractivity contribution >= 4 is 23.0 Å². The molecule has 0 radical (unpaired) electrons. The molecule has 7 nitrogen and oxygen atoms in total. The maximum Gasteiger partial charge on any atom is 0.409 e. The van der Waals surface area contributed by atoms with Crippen molar-refractivity contribution in [1.29, 1.82) is 0 Å². The van der Waals surface area contributed by atoms with E-state index in [1.807, 2.05) is 12.1 Å². The third kappa shape index (κ3) is 1.49. The molecule has 1 aliphatic rings. The van der Waals surface area contributed by atoms with Gasteiger partial charge >= 0.3 is 12.1 Å². The van der Waals surface area contributed by atoms with E-state index in [0.717, 1.165) is 10.3 Å². The summed E-state index contributed by atoms with van der Waals surface area (Å²) in [5, 5.41) is 23.9. The second-order valence-electron chi connectivity index (χ2n) is 4.77. The molecule has 0 aliphatic carbocycles. The number of hydrogen-bond acceptors (Lipinski definition) is 3. The van der Waals surface area contributed by atoms with Crippen LogP contribution in [0.4, 0.5) is 4.79 Å². The van der Waals surface area contributed by atoms with Crippen LogP contribution in [0.2, 0.25) is 0 Å². The Kier molecular flexibility index (Phi) is 2.63. The van der Waals surface area contributed by atoms with Crippen molar-refractivity contribution in [1.82, 2.24) is 14.7 Å². The van der Waals surface area contributed by atoms with Crippen molar-refractivity contribution in [2.24, 2.45) is 0 Å². The van der Waals surface area contributed by atoms with Gasteiger partial charge in [-0.2, -0.15) is 5.10 Å². The molecule has 2 N–H and O–H groups in total. The first-order valence-electron chi connectivity index (χ1n) is 6.24. The van der Waals surface area contributed by atoms with Crippen LogP contribution in [0, 0.1) is 0 Å². The van der Waals surface area contributed by atoms with Gasteiger partial charge < -0.3 is 10.2 Å². The number of aromatic nitrogens is 2. The highest BCUT2D eigenvalue weighted by Crippen LogP contribution is 2.36. The quantitative estimate of drug-likeness (QED) is 0.866. The number of nitrogens with zero attached hydrogens (tertiary/aromatic N) is 3. The van der Waals surface area contributed by atoms with E-state index in [4.69, 9.17) is 0 Å². The van der Waals surface area contributed by atoms with Crippen molar-refractivity contribution in [2.75, 3.05) is 6.54 Å². The molecule has 7 heteroatoms. The fourth-order valence-electron chi connectivity index (χ4n) is 2.86. The van der Waals surface area contributed by atoms with Crippen molar-refractivity contribution in [3.05, 3.63) is 30.5 Å². The molecule has 1 saturated heterocycles. The Bertz CT molecular complexity index is 696. The normalized spacial score (nSPS) is 22.3. The van der Waals surface area contributed by atoms with Gasteiger partial charge in [0.25, 0.3) is 0 Å². The van der Waals surface area contributed by atoms with E-state index in [2.05, 4.69) is 5.10 Å². The molecule has 0 bridgehead atoms. The Hall–Kier alpha value is -2.57. The fourth-order valence-corrected chi connectivity index (χ4v) is 2.86. The number of rotatable bonds is 2. The van der Waals surface area contributed by atoms with Crippen LogP contribution in [-0.2, 0) is 10.5 Å². The summed E-state index contributed by atoms with van der Waals surface area (Å²) in [7, 11) is 0. The number of carboxylic acids is 1. The summed E-state index contributed by atoms with van der Waals surface area (Å²) < 4.78 is 1.31. The van der Waals surface area contributed by atoms with Crippen molar-refractivity contribution in [3.63, 3.8) is 0 Å². The zero-order valence-corrected chi connectivity index (χ0v) is 10.6. The number of carboxylic acid groups (broad SMARTS) is 2. The summed E-state index contributed by atoms with van der Waals surface area (Å²) in [4.78, 5) is 24.1. The largest absolute Gasteiger partial charge is 0.478 e. The summed E-state index contributed by atoms with van der Waals surface area (Å²) in [6.07, 6.45) is 1.01. The Morgan fingerprint density at radius 2 is 2.00 bits per heavy atom. The van der Waals surface area contributed by atoms with Gasteiger partial charge in [-0.05, 0) is 12.5 Å². The minimum Gasteiger partial charge on any atom is -0.478 e. The first kappa shape index (κ1) is 12.5. The molecule has 0 saturated carbocycles. The predicted octanol–water partition coefficient (Wildman–Crippen LogP) is 1.55. The van der Waals surface area contributed by atoms with E-state index in [0.29, 0.717) is 11.9 Å². The van der Waals surface area contributed by atoms with Gasteiger partial charge in [0.15, 0.2) is 0 Å². The summed E-state index contributed by atoms with van der Waals surface area (Å²) in [5.74, 6) is -1.20. The minimum atomic E-state index is -1.66. The molecule has 1 aromatic carbocycles. The average molecular weight is 275 g/mol. The first-order valence-corrected chi connectivity index (χ1v) is 6.24. The third-order valence-corrected chi connectivity index (χ3v) is 3.75. The van der Waals surface area contributed by atoms with Gasteiger partial charge in [0, 0.05) is 18.4 Å². The van der Waals surface area contributed by atoms with E-state index in [-0.39, 0.29) is 13.0 Å². The van der Waals surface area contributed by atoms with Gasteiger partial charge in [0.1, 0.15) is 0 Å². The number of fused-ring (bicyclic) bond motifs is 1. The van der Waals surface area contributed by atoms with E-state index in [9.17, 15) is 19.8 Å². The Morgan fingerprint density at radius 3 is 2.70 bits per heavy atom. The Labute approximate surface area is 114 Å². The van der Waals surface area contributed by atoms with Gasteiger partial charge in [-0.15, -0.1) is 0 Å². The molecule has 1 unspecified atom stereocenters. The van der Waals surface area contributed by atoms with Crippen LogP contribution in [0.25, 0.3) is 10.9 Å². The average Bonchev–Trinajstić information content (AvgIpc) is 3.02. The van der Waals surface area contributed by atoms with E-state index in [1.165, 1.54) is 4.68 Å². The second-order valence-corrected chi connectivity index (χ2v) is 4.77.